The zero-order valence-corrected chi connectivity index (χ0v) is 47.0. The number of hydrogen-bond donors (Lipinski definition) is 0. The Morgan fingerprint density at radius 1 is 0.549 bits per heavy atom. The summed E-state index contributed by atoms with van der Waals surface area (Å²) in [5, 5.41) is 0. The average Bonchev–Trinajstić information content (AvgIpc) is 3.88. The summed E-state index contributed by atoms with van der Waals surface area (Å²) in [7, 11) is 1.56. The number of benzene rings is 1. The lowest BCUT2D eigenvalue weighted by Gasteiger charge is -2.58. The van der Waals surface area contributed by atoms with Gasteiger partial charge in [-0.1, -0.05) is 149 Å². The Labute approximate surface area is 433 Å². The number of esters is 2. The number of carbonyl (C=O) groups excluding carboxylic acids is 2. The fourth-order valence-electron chi connectivity index (χ4n) is 18.7. The molecule has 0 amide bonds. The molecule has 6 fully saturated rings. The highest BCUT2D eigenvalue weighted by Gasteiger charge is 2.61. The summed E-state index contributed by atoms with van der Waals surface area (Å²) in [6, 6.07) is 9.52. The quantitative estimate of drug-likeness (QED) is 0.114. The van der Waals surface area contributed by atoms with E-state index in [1.54, 1.807) is 18.3 Å². The van der Waals surface area contributed by atoms with Crippen LogP contribution in [-0.4, -0.2) is 44.5 Å². The first-order chi connectivity index (χ1) is 33.9. The van der Waals surface area contributed by atoms with Crippen LogP contribution in [0.4, 0.5) is 0 Å². The Bertz CT molecular complexity index is 1990. The van der Waals surface area contributed by atoms with E-state index >= 15 is 0 Å². The summed E-state index contributed by atoms with van der Waals surface area (Å²) in [5.41, 5.74) is 4.85. The molecule has 16 unspecified atom stereocenters. The SMILES string of the molecule is CC(C)CCCC(C)C1CCC2C3CC=C4CC(OC(=O)COc5ccccc5)CCC4(C)C3CCC12C.COCC(=O)OC1CCC2(C)C(=CCC3C2CCC2(C)C(C(C)CCCC(C)C)CCC32)C1. The van der Waals surface area contributed by atoms with E-state index in [1.165, 1.54) is 109 Å². The summed E-state index contributed by atoms with van der Waals surface area (Å²) in [6.07, 6.45) is 33.7. The molecular formula is C65H102O6. The highest BCUT2D eigenvalue weighted by Crippen LogP contribution is 2.69. The third-order valence-electron chi connectivity index (χ3n) is 22.5. The Balaban J connectivity index is 0.000000192. The van der Waals surface area contributed by atoms with Crippen LogP contribution in [0.5, 0.6) is 5.75 Å². The molecule has 6 nitrogen and oxygen atoms in total. The van der Waals surface area contributed by atoms with Gasteiger partial charge in [-0.3, -0.25) is 0 Å². The Kier molecular flexibility index (Phi) is 17.8. The number of allylic oxidation sites excluding steroid dienone is 2. The molecule has 0 spiro atoms. The zero-order chi connectivity index (χ0) is 50.7. The van der Waals surface area contributed by atoms with Crippen LogP contribution in [0, 0.1) is 92.7 Å². The fourth-order valence-corrected chi connectivity index (χ4v) is 18.7. The van der Waals surface area contributed by atoms with Crippen LogP contribution >= 0.6 is 0 Å². The van der Waals surface area contributed by atoms with Crippen molar-refractivity contribution in [2.75, 3.05) is 20.3 Å². The second-order valence-corrected chi connectivity index (χ2v) is 27.3. The maximum atomic E-state index is 12.5. The van der Waals surface area contributed by atoms with Crippen molar-refractivity contribution in [1.29, 1.82) is 0 Å². The summed E-state index contributed by atoms with van der Waals surface area (Å²) in [6.45, 7) is 25.1. The highest BCUT2D eigenvalue weighted by atomic mass is 16.6. The van der Waals surface area contributed by atoms with Crippen molar-refractivity contribution in [3.05, 3.63) is 53.6 Å². The van der Waals surface area contributed by atoms with E-state index in [4.69, 9.17) is 18.9 Å². The predicted octanol–water partition coefficient (Wildman–Crippen LogP) is 16.6. The molecule has 398 valence electrons. The Hall–Kier alpha value is -2.60. The number of methoxy groups -OCH3 is 1. The van der Waals surface area contributed by atoms with Gasteiger partial charge in [0.25, 0.3) is 0 Å². The predicted molar refractivity (Wildman–Crippen MR) is 290 cm³/mol. The molecule has 0 saturated heterocycles. The van der Waals surface area contributed by atoms with Crippen LogP contribution in [0.1, 0.15) is 210 Å². The van der Waals surface area contributed by atoms with Gasteiger partial charge in [0.05, 0.1) is 0 Å². The van der Waals surface area contributed by atoms with Crippen molar-refractivity contribution in [3.8, 4) is 5.75 Å². The first-order valence-electron chi connectivity index (χ1n) is 29.8. The number of carbonyl (C=O) groups is 2. The lowest BCUT2D eigenvalue weighted by atomic mass is 9.47. The molecule has 0 N–H and O–H groups in total. The van der Waals surface area contributed by atoms with Crippen LogP contribution < -0.4 is 4.74 Å². The molecule has 9 rings (SSSR count). The van der Waals surface area contributed by atoms with E-state index in [0.717, 1.165) is 103 Å². The van der Waals surface area contributed by atoms with Crippen LogP contribution in [-0.2, 0) is 23.8 Å². The van der Waals surface area contributed by atoms with Crippen molar-refractivity contribution in [3.63, 3.8) is 0 Å². The summed E-state index contributed by atoms with van der Waals surface area (Å²) >= 11 is 0. The second kappa shape index (κ2) is 23.1. The molecule has 0 bridgehead atoms. The van der Waals surface area contributed by atoms with Gasteiger partial charge in [0.1, 0.15) is 24.6 Å². The molecule has 8 aliphatic carbocycles. The van der Waals surface area contributed by atoms with E-state index in [1.807, 2.05) is 30.3 Å². The molecule has 6 heteroatoms. The fraction of sp³-hybridized carbons (Fsp3) is 0.815. The molecule has 16 atom stereocenters. The van der Waals surface area contributed by atoms with E-state index < -0.39 is 0 Å². The lowest BCUT2D eigenvalue weighted by molar-refractivity contribution is -0.156. The smallest absolute Gasteiger partial charge is 0.344 e. The minimum atomic E-state index is -0.246. The van der Waals surface area contributed by atoms with Crippen molar-refractivity contribution in [2.24, 2.45) is 92.7 Å². The van der Waals surface area contributed by atoms with E-state index in [2.05, 4.69) is 81.4 Å². The number of ether oxygens (including phenoxy) is 4. The van der Waals surface area contributed by atoms with Crippen molar-refractivity contribution < 1.29 is 28.5 Å². The summed E-state index contributed by atoms with van der Waals surface area (Å²) in [5.74, 6) is 10.6. The van der Waals surface area contributed by atoms with Gasteiger partial charge < -0.3 is 18.9 Å². The Morgan fingerprint density at radius 3 is 1.44 bits per heavy atom. The first-order valence-corrected chi connectivity index (χ1v) is 29.8. The lowest BCUT2D eigenvalue weighted by Crippen LogP contribution is -2.51. The normalized spacial score (nSPS) is 38.9. The van der Waals surface area contributed by atoms with Crippen LogP contribution in [0.25, 0.3) is 0 Å². The topological polar surface area (TPSA) is 71.1 Å². The zero-order valence-electron chi connectivity index (χ0n) is 47.0. The highest BCUT2D eigenvalue weighted by molar-refractivity contribution is 5.71. The van der Waals surface area contributed by atoms with Gasteiger partial charge in [0, 0.05) is 20.0 Å². The summed E-state index contributed by atoms with van der Waals surface area (Å²) in [4.78, 5) is 24.5. The molecule has 1 aromatic rings. The van der Waals surface area contributed by atoms with Crippen molar-refractivity contribution in [2.45, 2.75) is 223 Å². The second-order valence-electron chi connectivity index (χ2n) is 27.3. The van der Waals surface area contributed by atoms with Crippen molar-refractivity contribution in [1.82, 2.24) is 0 Å². The van der Waals surface area contributed by atoms with Gasteiger partial charge in [-0.25, -0.2) is 9.59 Å². The monoisotopic (exact) mass is 979 g/mol. The molecular weight excluding hydrogens is 877 g/mol. The first kappa shape index (κ1) is 54.7. The molecule has 0 radical (unpaired) electrons. The number of para-hydroxylation sites is 1. The molecule has 1 aromatic carbocycles. The van der Waals surface area contributed by atoms with Crippen LogP contribution in [0.3, 0.4) is 0 Å². The standard InChI is InChI=1S/C35H52O3.C30H50O3/c1-24(2)10-9-11-25(3)30-16-17-31-29-15-14-26-22-28(38-33(36)23-37-27-12-7-6-8-13-27)18-20-34(26,4)32(29)19-21-35(30,31)5;1-20(2)8-7-9-21(3)25-12-13-26-24-11-10-22-18-23(33-28(31)19-32-6)14-16-29(22,4)27(24)15-17-30(25,26)5/h6-8,12-14,24-25,28-32H,9-11,15-23H2,1-5H3;10,20-21,23-27H,7-9,11-19H2,1-6H3. The minimum absolute atomic E-state index is 0.00541. The number of hydrogen-bond acceptors (Lipinski definition) is 6. The Morgan fingerprint density at radius 2 is 1.00 bits per heavy atom. The molecule has 0 aromatic heterocycles. The van der Waals surface area contributed by atoms with E-state index in [9.17, 15) is 9.59 Å². The van der Waals surface area contributed by atoms with Gasteiger partial charge in [0.2, 0.25) is 0 Å². The van der Waals surface area contributed by atoms with Gasteiger partial charge >= 0.3 is 11.9 Å². The van der Waals surface area contributed by atoms with E-state index in [-0.39, 0.29) is 42.8 Å². The third kappa shape index (κ3) is 11.6. The maximum Gasteiger partial charge on any atom is 0.344 e. The summed E-state index contributed by atoms with van der Waals surface area (Å²) < 4.78 is 22.2. The molecule has 8 aliphatic rings. The van der Waals surface area contributed by atoms with Crippen molar-refractivity contribution >= 4 is 11.9 Å². The van der Waals surface area contributed by atoms with Gasteiger partial charge in [0.15, 0.2) is 6.61 Å². The van der Waals surface area contributed by atoms with Gasteiger partial charge in [-0.15, -0.1) is 0 Å². The van der Waals surface area contributed by atoms with Crippen LogP contribution in [0.15, 0.2) is 53.6 Å². The third-order valence-corrected chi connectivity index (χ3v) is 22.5. The van der Waals surface area contributed by atoms with Crippen LogP contribution in [0.2, 0.25) is 0 Å². The van der Waals surface area contributed by atoms with E-state index in [0.29, 0.717) is 22.0 Å². The van der Waals surface area contributed by atoms with Gasteiger partial charge in [-0.05, 0) is 195 Å². The molecule has 6 saturated carbocycles. The minimum Gasteiger partial charge on any atom is -0.482 e. The molecule has 0 heterocycles. The molecule has 71 heavy (non-hydrogen) atoms. The largest absolute Gasteiger partial charge is 0.482 e. The maximum absolute atomic E-state index is 12.5. The number of rotatable bonds is 17. The molecule has 0 aliphatic heterocycles. The van der Waals surface area contributed by atoms with Gasteiger partial charge in [-0.2, -0.15) is 0 Å². The number of fused-ring (bicyclic) bond motifs is 10. The average molecular weight is 980 g/mol.